The average molecular weight is 382 g/mol. The topological polar surface area (TPSA) is 0 Å². The Bertz CT molecular complexity index is 194. The van der Waals surface area contributed by atoms with Crippen LogP contribution in [0, 0.1) is 0 Å². The molecule has 0 spiro atoms. The lowest BCUT2D eigenvalue weighted by molar-refractivity contribution is 0.657. The third kappa shape index (κ3) is 14.2. The van der Waals surface area contributed by atoms with Crippen molar-refractivity contribution in [2.75, 3.05) is 17.3 Å². The van der Waals surface area contributed by atoms with E-state index in [-0.39, 0.29) is 0 Å². The van der Waals surface area contributed by atoms with Gasteiger partial charge in [-0.25, -0.2) is 0 Å². The Morgan fingerprint density at radius 3 is 1.10 bits per heavy atom. The van der Waals surface area contributed by atoms with E-state index in [1.165, 1.54) is 101 Å². The van der Waals surface area contributed by atoms with E-state index >= 15 is 0 Å². The van der Waals surface area contributed by atoms with Crippen molar-refractivity contribution in [2.45, 2.75) is 104 Å². The molecule has 0 fully saturated rings. The van der Waals surface area contributed by atoms with Crippen LogP contribution in [-0.4, -0.2) is 17.3 Å². The molecule has 0 N–H and O–H groups in total. The van der Waals surface area contributed by atoms with Gasteiger partial charge in [-0.05, 0) is 51.3 Å². The Kier molecular flexibility index (Phi) is 16.3. The van der Waals surface area contributed by atoms with Gasteiger partial charge in [0.25, 0.3) is 0 Å². The van der Waals surface area contributed by atoms with Gasteiger partial charge < -0.3 is 0 Å². The first-order valence-corrected chi connectivity index (χ1v) is 13.6. The fourth-order valence-corrected chi connectivity index (χ4v) is 7.68. The highest BCUT2D eigenvalue weighted by atomic mass is 79.9. The standard InChI is InChI=1S/C19H41BrS/c1-4-7-10-13-16-19-21(20,17-14-11-8-5-2)18-15-12-9-6-3/h4-19H2,1-3H3. The van der Waals surface area contributed by atoms with Crippen molar-refractivity contribution in [2.24, 2.45) is 0 Å². The number of hydrogen-bond donors (Lipinski definition) is 0. The van der Waals surface area contributed by atoms with E-state index in [4.69, 9.17) is 0 Å². The SMILES string of the molecule is CCCCCCCS(Br)(CCCCCC)CCCCCC. The zero-order valence-electron chi connectivity index (χ0n) is 15.1. The van der Waals surface area contributed by atoms with Crippen LogP contribution in [0.4, 0.5) is 0 Å². The molecule has 0 aromatic rings. The van der Waals surface area contributed by atoms with Crippen LogP contribution in [0.3, 0.4) is 0 Å². The normalized spacial score (nSPS) is 12.8. The molecule has 0 atom stereocenters. The van der Waals surface area contributed by atoms with Crippen LogP contribution in [0.5, 0.6) is 0 Å². The fraction of sp³-hybridized carbons (Fsp3) is 1.00. The maximum absolute atomic E-state index is 4.24. The molecule has 0 aliphatic rings. The van der Waals surface area contributed by atoms with Gasteiger partial charge in [-0.1, -0.05) is 85.0 Å². The van der Waals surface area contributed by atoms with Gasteiger partial charge in [0.2, 0.25) is 0 Å². The van der Waals surface area contributed by atoms with Crippen molar-refractivity contribution in [3.8, 4) is 0 Å². The third-order valence-corrected chi connectivity index (χ3v) is 10.3. The van der Waals surface area contributed by atoms with Gasteiger partial charge in [-0.2, -0.15) is 8.46 Å². The average Bonchev–Trinajstić information content (AvgIpc) is 2.48. The molecule has 0 aliphatic carbocycles. The minimum atomic E-state index is -0.475. The van der Waals surface area contributed by atoms with Crippen molar-refractivity contribution >= 4 is 23.3 Å². The number of hydrogen-bond acceptors (Lipinski definition) is 0. The summed E-state index contributed by atoms with van der Waals surface area (Å²) in [5.74, 6) is 4.44. The molecule has 0 heterocycles. The van der Waals surface area contributed by atoms with E-state index in [1.54, 1.807) is 0 Å². The van der Waals surface area contributed by atoms with Crippen molar-refractivity contribution in [1.82, 2.24) is 0 Å². The van der Waals surface area contributed by atoms with Crippen LogP contribution >= 0.6 is 23.3 Å². The summed E-state index contributed by atoms with van der Waals surface area (Å²) in [5.41, 5.74) is 0. The molecule has 0 rings (SSSR count). The van der Waals surface area contributed by atoms with Crippen LogP contribution in [0.25, 0.3) is 0 Å². The predicted octanol–water partition coefficient (Wildman–Crippen LogP) is 8.23. The monoisotopic (exact) mass is 380 g/mol. The molecule has 0 bridgehead atoms. The molecule has 21 heavy (non-hydrogen) atoms. The zero-order valence-corrected chi connectivity index (χ0v) is 17.5. The maximum Gasteiger partial charge on any atom is -0.0136 e. The number of unbranched alkanes of at least 4 members (excludes halogenated alkanes) is 10. The summed E-state index contributed by atoms with van der Waals surface area (Å²) in [7, 11) is -0.475. The first-order valence-electron chi connectivity index (χ1n) is 9.64. The highest BCUT2D eigenvalue weighted by Crippen LogP contribution is 2.57. The molecule has 0 radical (unpaired) electrons. The highest BCUT2D eigenvalue weighted by Gasteiger charge is 2.19. The van der Waals surface area contributed by atoms with Crippen molar-refractivity contribution in [1.29, 1.82) is 0 Å². The van der Waals surface area contributed by atoms with E-state index in [0.717, 1.165) is 0 Å². The van der Waals surface area contributed by atoms with Crippen molar-refractivity contribution in [3.05, 3.63) is 0 Å². The third-order valence-electron chi connectivity index (χ3n) is 4.34. The molecule has 0 nitrogen and oxygen atoms in total. The molecule has 0 aromatic carbocycles. The van der Waals surface area contributed by atoms with E-state index in [2.05, 4.69) is 35.6 Å². The first-order chi connectivity index (χ1) is 10.2. The molecule has 0 aromatic heterocycles. The fourth-order valence-electron chi connectivity index (χ4n) is 2.85. The predicted molar refractivity (Wildman–Crippen MR) is 108 cm³/mol. The van der Waals surface area contributed by atoms with E-state index in [0.29, 0.717) is 0 Å². The molecule has 0 amide bonds. The summed E-state index contributed by atoms with van der Waals surface area (Å²) in [4.78, 5) is 0. The van der Waals surface area contributed by atoms with Crippen LogP contribution in [0.15, 0.2) is 0 Å². The lowest BCUT2D eigenvalue weighted by Crippen LogP contribution is -2.08. The zero-order chi connectivity index (χ0) is 15.8. The Balaban J connectivity index is 3.98. The van der Waals surface area contributed by atoms with Gasteiger partial charge in [0, 0.05) is 0 Å². The molecule has 130 valence electrons. The van der Waals surface area contributed by atoms with Crippen LogP contribution in [0.1, 0.15) is 104 Å². The van der Waals surface area contributed by atoms with Crippen LogP contribution in [-0.2, 0) is 0 Å². The minimum Gasteiger partial charge on any atom is -0.183 e. The summed E-state index contributed by atoms with van der Waals surface area (Å²) < 4.78 is 0. The highest BCUT2D eigenvalue weighted by molar-refractivity contribution is 9.58. The summed E-state index contributed by atoms with van der Waals surface area (Å²) >= 11 is 4.24. The van der Waals surface area contributed by atoms with Gasteiger partial charge in [0.15, 0.2) is 0 Å². The maximum atomic E-state index is 4.24. The van der Waals surface area contributed by atoms with Crippen LogP contribution < -0.4 is 0 Å². The molecular formula is C19H41BrS. The van der Waals surface area contributed by atoms with Crippen molar-refractivity contribution in [3.63, 3.8) is 0 Å². The molecule has 0 saturated heterocycles. The lowest BCUT2D eigenvalue weighted by Gasteiger charge is -2.34. The van der Waals surface area contributed by atoms with Gasteiger partial charge in [-0.15, -0.1) is 0 Å². The Morgan fingerprint density at radius 1 is 0.476 bits per heavy atom. The number of rotatable bonds is 16. The summed E-state index contributed by atoms with van der Waals surface area (Å²) in [5, 5.41) is 0. The first kappa shape index (κ1) is 21.8. The Morgan fingerprint density at radius 2 is 0.762 bits per heavy atom. The summed E-state index contributed by atoms with van der Waals surface area (Å²) in [6.07, 6.45) is 18.5. The lowest BCUT2D eigenvalue weighted by atomic mass is 10.2. The number of halogens is 1. The van der Waals surface area contributed by atoms with E-state index in [9.17, 15) is 0 Å². The van der Waals surface area contributed by atoms with Gasteiger partial charge in [-0.3, -0.25) is 0 Å². The molecule has 2 heteroatoms. The minimum absolute atomic E-state index is 0.475. The summed E-state index contributed by atoms with van der Waals surface area (Å²) in [6.45, 7) is 6.93. The molecular weight excluding hydrogens is 340 g/mol. The largest absolute Gasteiger partial charge is 0.183 e. The molecule has 0 aliphatic heterocycles. The van der Waals surface area contributed by atoms with E-state index < -0.39 is 8.46 Å². The van der Waals surface area contributed by atoms with Crippen molar-refractivity contribution < 1.29 is 0 Å². The van der Waals surface area contributed by atoms with E-state index in [1.807, 2.05) is 0 Å². The van der Waals surface area contributed by atoms with Crippen LogP contribution in [0.2, 0.25) is 0 Å². The second kappa shape index (κ2) is 15.7. The summed E-state index contributed by atoms with van der Waals surface area (Å²) in [6, 6.07) is 0. The Labute approximate surface area is 144 Å². The quantitative estimate of drug-likeness (QED) is 0.236. The second-order valence-electron chi connectivity index (χ2n) is 6.59. The Hall–Kier alpha value is 0.830. The van der Waals surface area contributed by atoms with Gasteiger partial charge in [0.05, 0.1) is 0 Å². The molecule has 0 unspecified atom stereocenters. The van der Waals surface area contributed by atoms with Gasteiger partial charge in [0.1, 0.15) is 0 Å². The van der Waals surface area contributed by atoms with Gasteiger partial charge >= 0.3 is 0 Å². The molecule has 0 saturated carbocycles. The second-order valence-corrected chi connectivity index (χ2v) is 13.8. The smallest absolute Gasteiger partial charge is 0.0136 e.